The Morgan fingerprint density at radius 1 is 1.09 bits per heavy atom. The van der Waals surface area contributed by atoms with Gasteiger partial charge in [0.1, 0.15) is 0 Å². The highest BCUT2D eigenvalue weighted by atomic mass is 16.5. The van der Waals surface area contributed by atoms with Gasteiger partial charge < -0.3 is 10.5 Å². The molecule has 120 valence electrons. The number of rotatable bonds is 6. The Balaban J connectivity index is 2.09. The molecule has 0 saturated heterocycles. The Morgan fingerprint density at radius 2 is 1.65 bits per heavy atom. The normalized spacial score (nSPS) is 13.1. The molecule has 23 heavy (non-hydrogen) atoms. The molecule has 0 aliphatic rings. The van der Waals surface area contributed by atoms with Gasteiger partial charge in [-0.1, -0.05) is 54.6 Å². The highest BCUT2D eigenvalue weighted by Crippen LogP contribution is 2.20. The van der Waals surface area contributed by atoms with Gasteiger partial charge in [-0.05, 0) is 23.6 Å². The lowest BCUT2D eigenvalue weighted by molar-refractivity contribution is -0.164. The summed E-state index contributed by atoms with van der Waals surface area (Å²) in [7, 11) is 0. The predicted molar refractivity (Wildman–Crippen MR) is 84.2 cm³/mol. The van der Waals surface area contributed by atoms with E-state index in [0.717, 1.165) is 16.7 Å². The van der Waals surface area contributed by atoms with Gasteiger partial charge in [0.2, 0.25) is 5.60 Å². The van der Waals surface area contributed by atoms with E-state index in [9.17, 15) is 9.59 Å². The summed E-state index contributed by atoms with van der Waals surface area (Å²) < 4.78 is 5.33. The molecule has 4 N–H and O–H groups in total. The van der Waals surface area contributed by atoms with Crippen molar-refractivity contribution in [3.63, 3.8) is 0 Å². The number of carbonyl (C=O) groups is 2. The smallest absolute Gasteiger partial charge is 0.285 e. The van der Waals surface area contributed by atoms with E-state index in [0.29, 0.717) is 0 Å². The first-order chi connectivity index (χ1) is 11.0. The van der Waals surface area contributed by atoms with E-state index in [2.05, 4.69) is 0 Å². The number of nitrogens with one attached hydrogen (secondary N) is 1. The quantitative estimate of drug-likeness (QED) is 0.428. The number of carbonyl (C=O) groups excluding carboxylic acids is 2. The Hall–Kier alpha value is -2.70. The third-order valence-electron chi connectivity index (χ3n) is 3.59. The van der Waals surface area contributed by atoms with Gasteiger partial charge in [0, 0.05) is 0 Å². The maximum absolute atomic E-state index is 11.5. The molecular weight excluding hydrogens is 296 g/mol. The first-order valence-electron chi connectivity index (χ1n) is 7.00. The van der Waals surface area contributed by atoms with E-state index >= 15 is 0 Å². The first-order valence-corrected chi connectivity index (χ1v) is 7.00. The number of hydroxylamine groups is 1. The molecule has 0 bridgehead atoms. The minimum absolute atomic E-state index is 0.00191. The van der Waals surface area contributed by atoms with E-state index in [4.69, 9.17) is 15.7 Å². The lowest BCUT2D eigenvalue weighted by Crippen LogP contribution is -2.54. The molecule has 2 rings (SSSR count). The molecule has 2 aromatic carbocycles. The molecule has 0 saturated carbocycles. The summed E-state index contributed by atoms with van der Waals surface area (Å²) in [5.41, 5.74) is 7.52. The van der Waals surface area contributed by atoms with Crippen molar-refractivity contribution in [2.75, 3.05) is 0 Å². The molecule has 1 atom stereocenters. The maximum atomic E-state index is 11.5. The molecule has 0 aliphatic carbocycles. The third-order valence-corrected chi connectivity index (χ3v) is 3.59. The van der Waals surface area contributed by atoms with E-state index in [1.165, 1.54) is 12.4 Å². The predicted octanol–water partition coefficient (Wildman–Crippen LogP) is 1.62. The van der Waals surface area contributed by atoms with Gasteiger partial charge in [-0.3, -0.25) is 14.8 Å². The van der Waals surface area contributed by atoms with Crippen LogP contribution in [0.15, 0.2) is 54.6 Å². The van der Waals surface area contributed by atoms with Crippen LogP contribution in [0, 0.1) is 0 Å². The van der Waals surface area contributed by atoms with Gasteiger partial charge in [0.25, 0.3) is 11.8 Å². The second-order valence-corrected chi connectivity index (χ2v) is 5.19. The zero-order valence-electron chi connectivity index (χ0n) is 12.7. The second kappa shape index (κ2) is 7.04. The Kier molecular flexibility index (Phi) is 5.10. The summed E-state index contributed by atoms with van der Waals surface area (Å²) >= 11 is 0. The van der Waals surface area contributed by atoms with Crippen molar-refractivity contribution in [2.45, 2.75) is 19.1 Å². The molecule has 0 heterocycles. The molecule has 6 nitrogen and oxygen atoms in total. The van der Waals surface area contributed by atoms with Crippen molar-refractivity contribution in [1.82, 2.24) is 5.48 Å². The fraction of sp³-hybridized carbons (Fsp3) is 0.176. The van der Waals surface area contributed by atoms with Crippen molar-refractivity contribution in [3.8, 4) is 11.1 Å². The van der Waals surface area contributed by atoms with Crippen LogP contribution in [-0.2, 0) is 20.9 Å². The van der Waals surface area contributed by atoms with Gasteiger partial charge in [-0.2, -0.15) is 0 Å². The number of benzene rings is 2. The summed E-state index contributed by atoms with van der Waals surface area (Å²) in [5.74, 6) is -1.99. The molecule has 0 spiro atoms. The van der Waals surface area contributed by atoms with Crippen LogP contribution in [0.3, 0.4) is 0 Å². The standard InChI is InChI=1S/C17H18N2O4/c1-17(15(18)20,16(21)19-22)23-11-12-7-9-14(10-8-12)13-5-3-2-4-6-13/h2-10,22H,11H2,1H3,(H2,18,20)(H,19,21). The van der Waals surface area contributed by atoms with Gasteiger partial charge in [0.15, 0.2) is 0 Å². The minimum atomic E-state index is -1.94. The molecule has 1 unspecified atom stereocenters. The number of nitrogens with two attached hydrogens (primary N) is 1. The van der Waals surface area contributed by atoms with Crippen molar-refractivity contribution in [3.05, 3.63) is 60.2 Å². The number of ether oxygens (including phenoxy) is 1. The number of amides is 2. The second-order valence-electron chi connectivity index (χ2n) is 5.19. The fourth-order valence-corrected chi connectivity index (χ4v) is 2.01. The fourth-order valence-electron chi connectivity index (χ4n) is 2.01. The maximum Gasteiger partial charge on any atom is 0.285 e. The van der Waals surface area contributed by atoms with Crippen LogP contribution in [0.4, 0.5) is 0 Å². The van der Waals surface area contributed by atoms with Crippen molar-refractivity contribution >= 4 is 11.8 Å². The highest BCUT2D eigenvalue weighted by molar-refractivity contribution is 6.06. The van der Waals surface area contributed by atoms with Crippen molar-refractivity contribution in [2.24, 2.45) is 5.73 Å². The van der Waals surface area contributed by atoms with E-state index in [1.807, 2.05) is 54.6 Å². The largest absolute Gasteiger partial charge is 0.367 e. The summed E-state index contributed by atoms with van der Waals surface area (Å²) in [6.07, 6.45) is 0. The van der Waals surface area contributed by atoms with Crippen molar-refractivity contribution < 1.29 is 19.5 Å². The highest BCUT2D eigenvalue weighted by Gasteiger charge is 2.40. The monoisotopic (exact) mass is 314 g/mol. The summed E-state index contributed by atoms with van der Waals surface area (Å²) in [4.78, 5) is 23.0. The van der Waals surface area contributed by atoms with Crippen LogP contribution < -0.4 is 11.2 Å². The van der Waals surface area contributed by atoms with Gasteiger partial charge in [0.05, 0.1) is 6.61 Å². The topological polar surface area (TPSA) is 102 Å². The van der Waals surface area contributed by atoms with Crippen molar-refractivity contribution in [1.29, 1.82) is 0 Å². The Labute approximate surface area is 133 Å². The van der Waals surface area contributed by atoms with Crippen LogP contribution in [0.1, 0.15) is 12.5 Å². The zero-order chi connectivity index (χ0) is 16.9. The van der Waals surface area contributed by atoms with Crippen LogP contribution in [0.5, 0.6) is 0 Å². The van der Waals surface area contributed by atoms with Crippen LogP contribution in [0.25, 0.3) is 11.1 Å². The Morgan fingerprint density at radius 3 is 2.17 bits per heavy atom. The average Bonchev–Trinajstić information content (AvgIpc) is 2.60. The molecule has 0 fully saturated rings. The number of hydrogen-bond acceptors (Lipinski definition) is 4. The van der Waals surface area contributed by atoms with Crippen LogP contribution in [-0.4, -0.2) is 22.6 Å². The van der Waals surface area contributed by atoms with E-state index < -0.39 is 17.4 Å². The first kappa shape index (κ1) is 16.7. The van der Waals surface area contributed by atoms with Crippen LogP contribution >= 0.6 is 0 Å². The minimum Gasteiger partial charge on any atom is -0.367 e. The lowest BCUT2D eigenvalue weighted by Gasteiger charge is -2.23. The van der Waals surface area contributed by atoms with E-state index in [-0.39, 0.29) is 6.61 Å². The summed E-state index contributed by atoms with van der Waals surface area (Å²) in [6.45, 7) is 1.21. The molecule has 0 radical (unpaired) electrons. The molecule has 2 aromatic rings. The number of primary amides is 1. The lowest BCUT2D eigenvalue weighted by atomic mass is 10.0. The van der Waals surface area contributed by atoms with Gasteiger partial charge >= 0.3 is 0 Å². The van der Waals surface area contributed by atoms with Gasteiger partial charge in [-0.25, -0.2) is 5.48 Å². The molecule has 0 aliphatic heterocycles. The van der Waals surface area contributed by atoms with Crippen LogP contribution in [0.2, 0.25) is 0 Å². The molecule has 2 amide bonds. The van der Waals surface area contributed by atoms with Gasteiger partial charge in [-0.15, -0.1) is 0 Å². The summed E-state index contributed by atoms with van der Waals surface area (Å²) in [6, 6.07) is 17.4. The molecular formula is C17H18N2O4. The third kappa shape index (κ3) is 3.74. The Bertz CT molecular complexity index is 685. The van der Waals surface area contributed by atoms with E-state index in [1.54, 1.807) is 0 Å². The molecule has 6 heteroatoms. The molecule has 0 aromatic heterocycles. The zero-order valence-corrected chi connectivity index (χ0v) is 12.7. The summed E-state index contributed by atoms with van der Waals surface area (Å²) in [5, 5.41) is 8.69. The average molecular weight is 314 g/mol. The number of hydrogen-bond donors (Lipinski definition) is 3. The SMILES string of the molecule is CC(OCc1ccc(-c2ccccc2)cc1)(C(N)=O)C(=O)NO.